The Balaban J connectivity index is 1.70. The van der Waals surface area contributed by atoms with Crippen LogP contribution in [0.4, 0.5) is 0 Å². The van der Waals surface area contributed by atoms with E-state index in [1.54, 1.807) is 13.3 Å². The van der Waals surface area contributed by atoms with Gasteiger partial charge in [-0.05, 0) is 26.0 Å². The standard InChI is InChI=1S/C16H22N4O3/c1-12-14-10-13(11-17-15(14)23-18-12)16(21)20-5-3-4-19(6-7-20)8-9-22-2/h10-11H,3-9H2,1-2H3. The van der Waals surface area contributed by atoms with Crippen LogP contribution in [0.25, 0.3) is 11.1 Å². The van der Waals surface area contributed by atoms with E-state index in [1.165, 1.54) is 0 Å². The molecule has 2 aromatic rings. The first kappa shape index (κ1) is 15.9. The van der Waals surface area contributed by atoms with Crippen molar-refractivity contribution in [3.63, 3.8) is 0 Å². The Morgan fingerprint density at radius 2 is 2.22 bits per heavy atom. The average molecular weight is 318 g/mol. The zero-order valence-corrected chi connectivity index (χ0v) is 13.6. The second-order valence-corrected chi connectivity index (χ2v) is 5.82. The summed E-state index contributed by atoms with van der Waals surface area (Å²) >= 11 is 0. The number of hydrogen-bond donors (Lipinski definition) is 0. The number of amides is 1. The van der Waals surface area contributed by atoms with Crippen LogP contribution in [0, 0.1) is 6.92 Å². The number of pyridine rings is 1. The molecule has 2 aromatic heterocycles. The van der Waals surface area contributed by atoms with Crippen LogP contribution in [-0.2, 0) is 4.74 Å². The molecular weight excluding hydrogens is 296 g/mol. The van der Waals surface area contributed by atoms with E-state index in [1.807, 2.05) is 17.9 Å². The number of rotatable bonds is 4. The Morgan fingerprint density at radius 1 is 1.35 bits per heavy atom. The second-order valence-electron chi connectivity index (χ2n) is 5.82. The van der Waals surface area contributed by atoms with Gasteiger partial charge in [0, 0.05) is 39.5 Å². The third-order valence-corrected chi connectivity index (χ3v) is 4.24. The van der Waals surface area contributed by atoms with Gasteiger partial charge in [-0.15, -0.1) is 0 Å². The maximum absolute atomic E-state index is 12.7. The summed E-state index contributed by atoms with van der Waals surface area (Å²) in [5.41, 5.74) is 1.82. The van der Waals surface area contributed by atoms with Gasteiger partial charge in [0.25, 0.3) is 11.6 Å². The van der Waals surface area contributed by atoms with Gasteiger partial charge in [-0.25, -0.2) is 4.98 Å². The minimum absolute atomic E-state index is 0.0218. The number of nitrogens with zero attached hydrogens (tertiary/aromatic N) is 4. The average Bonchev–Trinajstić information content (AvgIpc) is 2.80. The number of aromatic nitrogens is 2. The molecule has 1 aliphatic heterocycles. The Hall–Kier alpha value is -1.99. The van der Waals surface area contributed by atoms with Crippen LogP contribution in [0.2, 0.25) is 0 Å². The maximum Gasteiger partial charge on any atom is 0.257 e. The molecule has 0 atom stereocenters. The summed E-state index contributed by atoms with van der Waals surface area (Å²) in [6.07, 6.45) is 2.54. The normalized spacial score (nSPS) is 16.7. The van der Waals surface area contributed by atoms with E-state index in [0.29, 0.717) is 11.3 Å². The van der Waals surface area contributed by atoms with Crippen molar-refractivity contribution in [2.45, 2.75) is 13.3 Å². The molecule has 1 saturated heterocycles. The van der Waals surface area contributed by atoms with Gasteiger partial charge in [0.1, 0.15) is 0 Å². The first-order valence-electron chi connectivity index (χ1n) is 7.91. The number of carbonyl (C=O) groups excluding carboxylic acids is 1. The Morgan fingerprint density at radius 3 is 3.04 bits per heavy atom. The second kappa shape index (κ2) is 7.06. The fourth-order valence-corrected chi connectivity index (χ4v) is 2.86. The van der Waals surface area contributed by atoms with Gasteiger partial charge in [0.2, 0.25) is 0 Å². The molecule has 23 heavy (non-hydrogen) atoms. The minimum Gasteiger partial charge on any atom is -0.383 e. The Kier molecular flexibility index (Phi) is 4.88. The van der Waals surface area contributed by atoms with Crippen LogP contribution in [-0.4, -0.2) is 72.3 Å². The van der Waals surface area contributed by atoms with Crippen molar-refractivity contribution in [3.8, 4) is 0 Å². The van der Waals surface area contributed by atoms with Crippen molar-refractivity contribution >= 4 is 17.0 Å². The molecule has 3 rings (SSSR count). The highest BCUT2D eigenvalue weighted by Crippen LogP contribution is 2.18. The molecule has 7 heteroatoms. The van der Waals surface area contributed by atoms with Crippen LogP contribution in [0.5, 0.6) is 0 Å². The summed E-state index contributed by atoms with van der Waals surface area (Å²) in [6.45, 7) is 6.84. The molecule has 0 spiro atoms. The summed E-state index contributed by atoms with van der Waals surface area (Å²) in [4.78, 5) is 21.2. The smallest absolute Gasteiger partial charge is 0.257 e. The molecular formula is C16H22N4O3. The molecule has 0 bridgehead atoms. The predicted molar refractivity (Wildman–Crippen MR) is 85.4 cm³/mol. The monoisotopic (exact) mass is 318 g/mol. The van der Waals surface area contributed by atoms with Crippen molar-refractivity contribution in [2.75, 3.05) is 46.4 Å². The quantitative estimate of drug-likeness (QED) is 0.847. The fraction of sp³-hybridized carbons (Fsp3) is 0.562. The summed E-state index contributed by atoms with van der Waals surface area (Å²) in [6, 6.07) is 1.82. The van der Waals surface area contributed by atoms with E-state index in [2.05, 4.69) is 15.0 Å². The number of carbonyl (C=O) groups is 1. The number of methoxy groups -OCH3 is 1. The van der Waals surface area contributed by atoms with Gasteiger partial charge < -0.3 is 14.2 Å². The zero-order valence-electron chi connectivity index (χ0n) is 13.6. The molecule has 124 valence electrons. The maximum atomic E-state index is 12.7. The minimum atomic E-state index is 0.0218. The molecule has 0 radical (unpaired) electrons. The lowest BCUT2D eigenvalue weighted by atomic mass is 10.2. The van der Waals surface area contributed by atoms with E-state index >= 15 is 0 Å². The highest BCUT2D eigenvalue weighted by Gasteiger charge is 2.21. The highest BCUT2D eigenvalue weighted by molar-refractivity contribution is 5.97. The lowest BCUT2D eigenvalue weighted by Gasteiger charge is -2.21. The van der Waals surface area contributed by atoms with Crippen LogP contribution in [0.1, 0.15) is 22.5 Å². The van der Waals surface area contributed by atoms with Crippen LogP contribution >= 0.6 is 0 Å². The van der Waals surface area contributed by atoms with Gasteiger partial charge in [-0.3, -0.25) is 9.69 Å². The molecule has 0 aliphatic carbocycles. The third kappa shape index (κ3) is 3.51. The van der Waals surface area contributed by atoms with E-state index in [-0.39, 0.29) is 5.91 Å². The lowest BCUT2D eigenvalue weighted by Crippen LogP contribution is -2.36. The van der Waals surface area contributed by atoms with Gasteiger partial charge >= 0.3 is 0 Å². The lowest BCUT2D eigenvalue weighted by molar-refractivity contribution is 0.0759. The summed E-state index contributed by atoms with van der Waals surface area (Å²) in [7, 11) is 1.71. The molecule has 1 fully saturated rings. The first-order valence-corrected chi connectivity index (χ1v) is 7.91. The Labute approximate surface area is 135 Å². The number of ether oxygens (including phenoxy) is 1. The molecule has 1 aliphatic rings. The van der Waals surface area contributed by atoms with E-state index < -0.39 is 0 Å². The fourth-order valence-electron chi connectivity index (χ4n) is 2.86. The largest absolute Gasteiger partial charge is 0.383 e. The molecule has 0 aromatic carbocycles. The van der Waals surface area contributed by atoms with Gasteiger partial charge in [-0.2, -0.15) is 0 Å². The number of fused-ring (bicyclic) bond motifs is 1. The molecule has 0 N–H and O–H groups in total. The van der Waals surface area contributed by atoms with Crippen LogP contribution in [0.3, 0.4) is 0 Å². The topological polar surface area (TPSA) is 71.7 Å². The van der Waals surface area contributed by atoms with Gasteiger partial charge in [-0.1, -0.05) is 5.16 Å². The highest BCUT2D eigenvalue weighted by atomic mass is 16.5. The first-order chi connectivity index (χ1) is 11.2. The molecule has 0 unspecified atom stereocenters. The van der Waals surface area contributed by atoms with Crippen molar-refractivity contribution in [1.29, 1.82) is 0 Å². The molecule has 0 saturated carbocycles. The van der Waals surface area contributed by atoms with Crippen LogP contribution < -0.4 is 0 Å². The van der Waals surface area contributed by atoms with Crippen molar-refractivity contribution < 1.29 is 14.1 Å². The Bertz CT molecular complexity index is 685. The van der Waals surface area contributed by atoms with Crippen molar-refractivity contribution in [1.82, 2.24) is 19.9 Å². The van der Waals surface area contributed by atoms with E-state index in [9.17, 15) is 4.79 Å². The van der Waals surface area contributed by atoms with Crippen molar-refractivity contribution in [3.05, 3.63) is 23.5 Å². The van der Waals surface area contributed by atoms with Gasteiger partial charge in [0.15, 0.2) is 0 Å². The zero-order chi connectivity index (χ0) is 16.2. The predicted octanol–water partition coefficient (Wildman–Crippen LogP) is 1.33. The molecule has 1 amide bonds. The van der Waals surface area contributed by atoms with Crippen LogP contribution in [0.15, 0.2) is 16.8 Å². The van der Waals surface area contributed by atoms with Crippen molar-refractivity contribution in [2.24, 2.45) is 0 Å². The summed E-state index contributed by atoms with van der Waals surface area (Å²) in [5.74, 6) is 0.0218. The molecule has 3 heterocycles. The SMILES string of the molecule is COCCN1CCCN(C(=O)c2cnc3onc(C)c3c2)CC1. The van der Waals surface area contributed by atoms with Gasteiger partial charge in [0.05, 0.1) is 23.3 Å². The number of aryl methyl sites for hydroxylation is 1. The number of hydrogen-bond acceptors (Lipinski definition) is 6. The summed E-state index contributed by atoms with van der Waals surface area (Å²) in [5, 5.41) is 4.68. The van der Waals surface area contributed by atoms with E-state index in [0.717, 1.165) is 56.8 Å². The van der Waals surface area contributed by atoms with E-state index in [4.69, 9.17) is 9.26 Å². The third-order valence-electron chi connectivity index (χ3n) is 4.24. The summed E-state index contributed by atoms with van der Waals surface area (Å²) < 4.78 is 10.2. The molecule has 7 nitrogen and oxygen atoms in total.